The number of nitrogens with zero attached hydrogens (tertiary/aromatic N) is 3. The van der Waals surface area contributed by atoms with Gasteiger partial charge in [-0.25, -0.2) is 4.79 Å². The number of pyridine rings is 1. The quantitative estimate of drug-likeness (QED) is 0.775. The highest BCUT2D eigenvalue weighted by Gasteiger charge is 2.09. The molecule has 0 radical (unpaired) electrons. The summed E-state index contributed by atoms with van der Waals surface area (Å²) in [6, 6.07) is 15.0. The molecule has 2 amide bonds. The molecule has 0 bridgehead atoms. The van der Waals surface area contributed by atoms with Crippen molar-refractivity contribution in [3.05, 3.63) is 66.0 Å². The number of hydrogen-bond acceptors (Lipinski definition) is 3. The minimum absolute atomic E-state index is 0.260. The van der Waals surface area contributed by atoms with Gasteiger partial charge in [-0.2, -0.15) is 5.10 Å². The van der Waals surface area contributed by atoms with E-state index in [9.17, 15) is 4.79 Å². The normalized spacial score (nSPS) is 10.4. The summed E-state index contributed by atoms with van der Waals surface area (Å²) in [6.07, 6.45) is 1.75. The smallest absolute Gasteiger partial charge is 0.319 e. The molecule has 24 heavy (non-hydrogen) atoms. The van der Waals surface area contributed by atoms with Crippen LogP contribution in [0.25, 0.3) is 11.4 Å². The van der Waals surface area contributed by atoms with Gasteiger partial charge in [0, 0.05) is 18.9 Å². The largest absolute Gasteiger partial charge is 0.332 e. The highest BCUT2D eigenvalue weighted by Crippen LogP contribution is 2.16. The Morgan fingerprint density at radius 2 is 1.96 bits per heavy atom. The molecule has 0 aliphatic carbocycles. The number of anilines is 1. The number of nitrogens with one attached hydrogen (secondary N) is 2. The predicted molar refractivity (Wildman–Crippen MR) is 93.5 cm³/mol. The van der Waals surface area contributed by atoms with Crippen LogP contribution >= 0.6 is 0 Å². The monoisotopic (exact) mass is 321 g/mol. The minimum atomic E-state index is -0.260. The summed E-state index contributed by atoms with van der Waals surface area (Å²) in [5.41, 5.74) is 4.44. The van der Waals surface area contributed by atoms with Crippen LogP contribution in [0.1, 0.15) is 11.3 Å². The molecule has 6 heteroatoms. The minimum Gasteiger partial charge on any atom is -0.332 e. The van der Waals surface area contributed by atoms with Crippen molar-refractivity contribution in [3.63, 3.8) is 0 Å². The maximum absolute atomic E-state index is 12.0. The fraction of sp³-hybridized carbons (Fsp3) is 0.167. The van der Waals surface area contributed by atoms with E-state index < -0.39 is 0 Å². The number of benzene rings is 1. The summed E-state index contributed by atoms with van der Waals surface area (Å²) in [5.74, 6) is 0. The molecule has 2 N–H and O–H groups in total. The molecule has 3 rings (SSSR count). The Balaban J connectivity index is 1.61. The van der Waals surface area contributed by atoms with E-state index in [0.717, 1.165) is 28.3 Å². The predicted octanol–water partition coefficient (Wildman–Crippen LogP) is 3.11. The highest BCUT2D eigenvalue weighted by molar-refractivity contribution is 5.89. The maximum Gasteiger partial charge on any atom is 0.319 e. The first-order valence-electron chi connectivity index (χ1n) is 7.67. The summed E-state index contributed by atoms with van der Waals surface area (Å²) >= 11 is 0. The summed E-state index contributed by atoms with van der Waals surface area (Å²) in [6.45, 7) is 2.35. The lowest BCUT2D eigenvalue weighted by Gasteiger charge is -2.06. The molecule has 6 nitrogen and oxygen atoms in total. The molecule has 3 aromatic rings. The number of carbonyl (C=O) groups excluding carboxylic acids is 1. The van der Waals surface area contributed by atoms with E-state index in [2.05, 4.69) is 20.7 Å². The summed E-state index contributed by atoms with van der Waals surface area (Å²) in [4.78, 5) is 16.3. The molecule has 1 aromatic carbocycles. The molecular weight excluding hydrogens is 302 g/mol. The Kier molecular flexibility index (Phi) is 4.56. The van der Waals surface area contributed by atoms with Crippen molar-refractivity contribution >= 4 is 11.7 Å². The summed E-state index contributed by atoms with van der Waals surface area (Å²) in [7, 11) is 1.86. The molecule has 0 atom stereocenters. The Hall–Kier alpha value is -3.15. The molecule has 0 unspecified atom stereocenters. The zero-order chi connectivity index (χ0) is 16.9. The SMILES string of the molecule is Cc1ccc(NC(=O)NCc2cc(-c3ccccn3)n(C)n2)cc1. The number of aromatic nitrogens is 3. The van der Waals surface area contributed by atoms with Gasteiger partial charge in [-0.05, 0) is 37.3 Å². The molecule has 2 heterocycles. The van der Waals surface area contributed by atoms with E-state index in [1.807, 2.05) is 62.5 Å². The van der Waals surface area contributed by atoms with Gasteiger partial charge in [-0.1, -0.05) is 23.8 Å². The van der Waals surface area contributed by atoms with E-state index in [-0.39, 0.29) is 6.03 Å². The van der Waals surface area contributed by atoms with Gasteiger partial charge in [0.1, 0.15) is 0 Å². The van der Waals surface area contributed by atoms with E-state index in [4.69, 9.17) is 0 Å². The fourth-order valence-corrected chi connectivity index (χ4v) is 2.35. The van der Waals surface area contributed by atoms with Crippen molar-refractivity contribution in [2.45, 2.75) is 13.5 Å². The first kappa shape index (κ1) is 15.7. The third-order valence-corrected chi connectivity index (χ3v) is 3.60. The van der Waals surface area contributed by atoms with Gasteiger partial charge in [0.2, 0.25) is 0 Å². The van der Waals surface area contributed by atoms with E-state index >= 15 is 0 Å². The lowest BCUT2D eigenvalue weighted by Crippen LogP contribution is -2.28. The highest BCUT2D eigenvalue weighted by atomic mass is 16.2. The van der Waals surface area contributed by atoms with Crippen LogP contribution in [-0.4, -0.2) is 20.8 Å². The van der Waals surface area contributed by atoms with Crippen molar-refractivity contribution in [1.29, 1.82) is 0 Å². The average molecular weight is 321 g/mol. The van der Waals surface area contributed by atoms with Gasteiger partial charge in [0.25, 0.3) is 0 Å². The van der Waals surface area contributed by atoms with Crippen molar-refractivity contribution in [2.24, 2.45) is 7.05 Å². The molecule has 0 fully saturated rings. The van der Waals surface area contributed by atoms with Crippen LogP contribution in [0.4, 0.5) is 10.5 Å². The van der Waals surface area contributed by atoms with Crippen LogP contribution in [0, 0.1) is 6.92 Å². The van der Waals surface area contributed by atoms with Crippen LogP contribution in [0.5, 0.6) is 0 Å². The van der Waals surface area contributed by atoms with Gasteiger partial charge in [0.15, 0.2) is 0 Å². The molecular formula is C18H19N5O. The van der Waals surface area contributed by atoms with Crippen LogP contribution in [-0.2, 0) is 13.6 Å². The number of carbonyl (C=O) groups is 1. The second-order valence-corrected chi connectivity index (χ2v) is 5.53. The Labute approximate surface area is 140 Å². The van der Waals surface area contributed by atoms with Crippen molar-refractivity contribution in [3.8, 4) is 11.4 Å². The lowest BCUT2D eigenvalue weighted by atomic mass is 10.2. The van der Waals surface area contributed by atoms with Crippen LogP contribution in [0.3, 0.4) is 0 Å². The second-order valence-electron chi connectivity index (χ2n) is 5.53. The standard InChI is InChI=1S/C18H19N5O/c1-13-6-8-14(9-7-13)21-18(24)20-12-15-11-17(23(2)22-15)16-5-3-4-10-19-16/h3-11H,12H2,1-2H3,(H2,20,21,24). The maximum atomic E-state index is 12.0. The number of amides is 2. The van der Waals surface area contributed by atoms with Crippen LogP contribution in [0.15, 0.2) is 54.7 Å². The number of hydrogen-bond donors (Lipinski definition) is 2. The van der Waals surface area contributed by atoms with E-state index in [0.29, 0.717) is 6.54 Å². The molecule has 2 aromatic heterocycles. The second kappa shape index (κ2) is 6.95. The molecule has 0 saturated heterocycles. The van der Waals surface area contributed by atoms with Gasteiger partial charge >= 0.3 is 6.03 Å². The van der Waals surface area contributed by atoms with Crippen molar-refractivity contribution < 1.29 is 4.79 Å². The topological polar surface area (TPSA) is 71.8 Å². The number of aryl methyl sites for hydroxylation is 2. The van der Waals surface area contributed by atoms with Crippen LogP contribution < -0.4 is 10.6 Å². The molecule has 0 aliphatic heterocycles. The first-order valence-corrected chi connectivity index (χ1v) is 7.67. The number of rotatable bonds is 4. The zero-order valence-corrected chi connectivity index (χ0v) is 13.7. The van der Waals surface area contributed by atoms with Gasteiger partial charge in [-0.3, -0.25) is 9.67 Å². The molecule has 0 aliphatic rings. The van der Waals surface area contributed by atoms with Crippen molar-refractivity contribution in [2.75, 3.05) is 5.32 Å². The third kappa shape index (κ3) is 3.78. The molecule has 0 spiro atoms. The summed E-state index contributed by atoms with van der Waals surface area (Å²) in [5, 5.41) is 10.0. The first-order chi connectivity index (χ1) is 11.6. The molecule has 0 saturated carbocycles. The van der Waals surface area contributed by atoms with E-state index in [1.165, 1.54) is 0 Å². The van der Waals surface area contributed by atoms with Crippen molar-refractivity contribution in [1.82, 2.24) is 20.1 Å². The summed E-state index contributed by atoms with van der Waals surface area (Å²) < 4.78 is 1.76. The molecule has 122 valence electrons. The Morgan fingerprint density at radius 1 is 1.17 bits per heavy atom. The van der Waals surface area contributed by atoms with Gasteiger partial charge in [-0.15, -0.1) is 0 Å². The third-order valence-electron chi connectivity index (χ3n) is 3.60. The van der Waals surface area contributed by atoms with E-state index in [1.54, 1.807) is 10.9 Å². The average Bonchev–Trinajstić information content (AvgIpc) is 2.97. The lowest BCUT2D eigenvalue weighted by molar-refractivity contribution is 0.251. The Morgan fingerprint density at radius 3 is 2.67 bits per heavy atom. The Bertz CT molecular complexity index is 824. The number of urea groups is 1. The van der Waals surface area contributed by atoms with Crippen LogP contribution in [0.2, 0.25) is 0 Å². The fourth-order valence-electron chi connectivity index (χ4n) is 2.35. The zero-order valence-electron chi connectivity index (χ0n) is 13.7. The van der Waals surface area contributed by atoms with Gasteiger partial charge in [0.05, 0.1) is 23.6 Å². The van der Waals surface area contributed by atoms with Gasteiger partial charge < -0.3 is 10.6 Å².